The molecule has 1 aliphatic heterocycles. The normalized spacial score (nSPS) is 24.7. The number of rotatable bonds is 2. The molecule has 1 aliphatic rings. The molecule has 1 saturated heterocycles. The van der Waals surface area contributed by atoms with Gasteiger partial charge in [0, 0.05) is 19.3 Å². The van der Waals surface area contributed by atoms with Gasteiger partial charge in [0.25, 0.3) is 5.91 Å². The molecule has 1 unspecified atom stereocenters. The van der Waals surface area contributed by atoms with Crippen molar-refractivity contribution in [3.63, 3.8) is 0 Å². The molecule has 0 bridgehead atoms. The monoisotopic (exact) mass is 233 g/mol. The number of carbonyl (C=O) groups excluding carboxylic acids is 1. The van der Waals surface area contributed by atoms with Crippen molar-refractivity contribution < 1.29 is 4.79 Å². The zero-order chi connectivity index (χ0) is 12.3. The van der Waals surface area contributed by atoms with Gasteiger partial charge in [-0.25, -0.2) is 0 Å². The van der Waals surface area contributed by atoms with Crippen LogP contribution >= 0.6 is 0 Å². The van der Waals surface area contributed by atoms with E-state index in [4.69, 9.17) is 5.73 Å². The second kappa shape index (κ2) is 4.84. The van der Waals surface area contributed by atoms with Crippen LogP contribution in [0, 0.1) is 0 Å². The quantitative estimate of drug-likeness (QED) is 0.840. The summed E-state index contributed by atoms with van der Waals surface area (Å²) in [5.74, 6) is -0.00162. The van der Waals surface area contributed by atoms with Gasteiger partial charge in [-0.1, -0.05) is 6.07 Å². The van der Waals surface area contributed by atoms with Crippen LogP contribution in [-0.4, -0.2) is 34.4 Å². The standard InChI is InChI=1S/C13H19N3O/c1-13(10-14)7-3-5-9-16(13)12(17)11-6-2-4-8-15-11/h2,4,6,8H,3,5,7,9-10,14H2,1H3. The van der Waals surface area contributed by atoms with Crippen molar-refractivity contribution in [1.82, 2.24) is 9.88 Å². The maximum Gasteiger partial charge on any atom is 0.272 e. The second-order valence-electron chi connectivity index (χ2n) is 4.83. The average Bonchev–Trinajstić information content (AvgIpc) is 2.39. The molecule has 1 amide bonds. The van der Waals surface area contributed by atoms with E-state index in [0.29, 0.717) is 12.2 Å². The zero-order valence-electron chi connectivity index (χ0n) is 10.2. The van der Waals surface area contributed by atoms with E-state index in [1.54, 1.807) is 12.3 Å². The van der Waals surface area contributed by atoms with E-state index in [9.17, 15) is 4.79 Å². The summed E-state index contributed by atoms with van der Waals surface area (Å²) in [6.07, 6.45) is 4.81. The third kappa shape index (κ3) is 2.31. The maximum atomic E-state index is 12.4. The Hall–Kier alpha value is -1.42. The number of likely N-dealkylation sites (tertiary alicyclic amines) is 1. The lowest BCUT2D eigenvalue weighted by molar-refractivity contribution is 0.0397. The Labute approximate surface area is 102 Å². The van der Waals surface area contributed by atoms with Crippen molar-refractivity contribution in [2.24, 2.45) is 5.73 Å². The zero-order valence-corrected chi connectivity index (χ0v) is 10.2. The van der Waals surface area contributed by atoms with Crippen LogP contribution in [0.2, 0.25) is 0 Å². The van der Waals surface area contributed by atoms with Crippen LogP contribution in [0.4, 0.5) is 0 Å². The summed E-state index contributed by atoms with van der Waals surface area (Å²) >= 11 is 0. The highest BCUT2D eigenvalue weighted by molar-refractivity contribution is 5.92. The Balaban J connectivity index is 2.23. The van der Waals surface area contributed by atoms with Crippen LogP contribution in [0.5, 0.6) is 0 Å². The van der Waals surface area contributed by atoms with Gasteiger partial charge in [0.2, 0.25) is 0 Å². The van der Waals surface area contributed by atoms with Crippen LogP contribution in [0.1, 0.15) is 36.7 Å². The Bertz CT molecular complexity index is 393. The van der Waals surface area contributed by atoms with Crippen molar-refractivity contribution in [1.29, 1.82) is 0 Å². The fourth-order valence-corrected chi connectivity index (χ4v) is 2.37. The number of pyridine rings is 1. The van der Waals surface area contributed by atoms with Crippen molar-refractivity contribution >= 4 is 5.91 Å². The van der Waals surface area contributed by atoms with Gasteiger partial charge in [0.15, 0.2) is 0 Å². The van der Waals surface area contributed by atoms with Gasteiger partial charge >= 0.3 is 0 Å². The summed E-state index contributed by atoms with van der Waals surface area (Å²) < 4.78 is 0. The Morgan fingerprint density at radius 2 is 2.35 bits per heavy atom. The first-order valence-corrected chi connectivity index (χ1v) is 6.10. The number of nitrogens with zero attached hydrogens (tertiary/aromatic N) is 2. The largest absolute Gasteiger partial charge is 0.331 e. The SMILES string of the molecule is CC1(CN)CCCCN1C(=O)c1ccccn1. The van der Waals surface area contributed by atoms with Crippen molar-refractivity contribution in [2.45, 2.75) is 31.7 Å². The molecule has 17 heavy (non-hydrogen) atoms. The summed E-state index contributed by atoms with van der Waals surface area (Å²) in [5.41, 5.74) is 6.12. The minimum atomic E-state index is -0.215. The third-order valence-electron chi connectivity index (χ3n) is 3.57. The topological polar surface area (TPSA) is 59.2 Å². The summed E-state index contributed by atoms with van der Waals surface area (Å²) in [6.45, 7) is 3.35. The number of hydrogen-bond acceptors (Lipinski definition) is 3. The minimum Gasteiger partial charge on any atom is -0.331 e. The first kappa shape index (κ1) is 12.0. The molecule has 1 aromatic rings. The molecule has 4 heteroatoms. The summed E-state index contributed by atoms with van der Waals surface area (Å²) in [7, 11) is 0. The summed E-state index contributed by atoms with van der Waals surface area (Å²) in [6, 6.07) is 5.41. The molecule has 1 fully saturated rings. The van der Waals surface area contributed by atoms with Crippen LogP contribution in [0.3, 0.4) is 0 Å². The highest BCUT2D eigenvalue weighted by Gasteiger charge is 2.36. The Kier molecular flexibility index (Phi) is 3.43. The van der Waals surface area contributed by atoms with Crippen molar-refractivity contribution in [3.05, 3.63) is 30.1 Å². The lowest BCUT2D eigenvalue weighted by Gasteiger charge is -2.44. The molecular formula is C13H19N3O. The summed E-state index contributed by atoms with van der Waals surface area (Å²) in [4.78, 5) is 18.4. The van der Waals surface area contributed by atoms with E-state index in [-0.39, 0.29) is 11.4 Å². The van der Waals surface area contributed by atoms with Gasteiger partial charge in [-0.15, -0.1) is 0 Å². The number of hydrogen-bond donors (Lipinski definition) is 1. The molecule has 2 heterocycles. The van der Waals surface area contributed by atoms with E-state index in [0.717, 1.165) is 25.8 Å². The molecule has 0 aliphatic carbocycles. The third-order valence-corrected chi connectivity index (χ3v) is 3.57. The van der Waals surface area contributed by atoms with Gasteiger partial charge < -0.3 is 10.6 Å². The van der Waals surface area contributed by atoms with Gasteiger partial charge in [-0.2, -0.15) is 0 Å². The van der Waals surface area contributed by atoms with E-state index >= 15 is 0 Å². The lowest BCUT2D eigenvalue weighted by Crippen LogP contribution is -2.56. The van der Waals surface area contributed by atoms with E-state index < -0.39 is 0 Å². The molecule has 4 nitrogen and oxygen atoms in total. The molecular weight excluding hydrogens is 214 g/mol. The van der Waals surface area contributed by atoms with Crippen LogP contribution < -0.4 is 5.73 Å². The van der Waals surface area contributed by atoms with Crippen LogP contribution in [-0.2, 0) is 0 Å². The maximum absolute atomic E-state index is 12.4. The fraction of sp³-hybridized carbons (Fsp3) is 0.538. The molecule has 1 atom stereocenters. The lowest BCUT2D eigenvalue weighted by atomic mass is 9.88. The molecule has 0 aromatic carbocycles. The molecule has 0 radical (unpaired) electrons. The van der Waals surface area contributed by atoms with Gasteiger partial charge in [-0.3, -0.25) is 9.78 Å². The van der Waals surface area contributed by atoms with Crippen molar-refractivity contribution in [3.8, 4) is 0 Å². The predicted molar refractivity (Wildman–Crippen MR) is 66.6 cm³/mol. The molecule has 1 aromatic heterocycles. The average molecular weight is 233 g/mol. The number of amides is 1. The van der Waals surface area contributed by atoms with E-state index in [1.165, 1.54) is 0 Å². The first-order chi connectivity index (χ1) is 8.17. The highest BCUT2D eigenvalue weighted by atomic mass is 16.2. The fourth-order valence-electron chi connectivity index (χ4n) is 2.37. The van der Waals surface area contributed by atoms with Gasteiger partial charge in [0.1, 0.15) is 5.69 Å². The van der Waals surface area contributed by atoms with E-state index in [2.05, 4.69) is 11.9 Å². The molecule has 0 spiro atoms. The van der Waals surface area contributed by atoms with Gasteiger partial charge in [0.05, 0.1) is 5.54 Å². The van der Waals surface area contributed by atoms with Crippen molar-refractivity contribution in [2.75, 3.05) is 13.1 Å². The first-order valence-electron chi connectivity index (χ1n) is 6.10. The number of nitrogens with two attached hydrogens (primary N) is 1. The highest BCUT2D eigenvalue weighted by Crippen LogP contribution is 2.28. The molecule has 2 rings (SSSR count). The second-order valence-corrected chi connectivity index (χ2v) is 4.83. The molecule has 2 N–H and O–H groups in total. The molecule has 0 saturated carbocycles. The van der Waals surface area contributed by atoms with Crippen LogP contribution in [0.25, 0.3) is 0 Å². The minimum absolute atomic E-state index is 0.00162. The van der Waals surface area contributed by atoms with Gasteiger partial charge in [-0.05, 0) is 38.3 Å². The number of aromatic nitrogens is 1. The predicted octanol–water partition coefficient (Wildman–Crippen LogP) is 1.43. The smallest absolute Gasteiger partial charge is 0.272 e. The number of piperidine rings is 1. The Morgan fingerprint density at radius 3 is 3.00 bits per heavy atom. The van der Waals surface area contributed by atoms with E-state index in [1.807, 2.05) is 17.0 Å². The Morgan fingerprint density at radius 1 is 1.53 bits per heavy atom. The number of carbonyl (C=O) groups is 1. The van der Waals surface area contributed by atoms with Crippen LogP contribution in [0.15, 0.2) is 24.4 Å². The summed E-state index contributed by atoms with van der Waals surface area (Å²) in [5, 5.41) is 0. The molecule has 92 valence electrons.